The van der Waals surface area contributed by atoms with Crippen LogP contribution in [0.2, 0.25) is 0 Å². The van der Waals surface area contributed by atoms with Crippen molar-refractivity contribution in [1.29, 1.82) is 0 Å². The number of aryl methyl sites for hydroxylation is 1. The first-order valence-electron chi connectivity index (χ1n) is 8.69. The topological polar surface area (TPSA) is 79.8 Å². The lowest BCUT2D eigenvalue weighted by Crippen LogP contribution is -2.28. The number of hydrogen-bond acceptors (Lipinski definition) is 5. The highest BCUT2D eigenvalue weighted by molar-refractivity contribution is 8.15. The van der Waals surface area contributed by atoms with Crippen molar-refractivity contribution < 1.29 is 14.3 Å². The van der Waals surface area contributed by atoms with Gasteiger partial charge in [-0.3, -0.25) is 9.59 Å². The molecule has 2 amide bonds. The number of amidine groups is 1. The first-order valence-corrected chi connectivity index (χ1v) is 9.57. The summed E-state index contributed by atoms with van der Waals surface area (Å²) in [6, 6.07) is 14.8. The van der Waals surface area contributed by atoms with Gasteiger partial charge >= 0.3 is 0 Å². The van der Waals surface area contributed by atoms with Crippen LogP contribution in [0, 0.1) is 6.92 Å². The molecular weight excluding hydrogens is 362 g/mol. The Morgan fingerprint density at radius 3 is 2.74 bits per heavy atom. The Balaban J connectivity index is 1.57. The minimum Gasteiger partial charge on any atom is -0.494 e. The highest BCUT2D eigenvalue weighted by atomic mass is 32.2. The lowest BCUT2D eigenvalue weighted by molar-refractivity contribution is -0.122. The molecule has 1 aliphatic heterocycles. The van der Waals surface area contributed by atoms with Crippen LogP contribution in [0.25, 0.3) is 0 Å². The first-order chi connectivity index (χ1) is 13.0. The van der Waals surface area contributed by atoms with Crippen molar-refractivity contribution in [2.75, 3.05) is 11.9 Å². The second-order valence-electron chi connectivity index (χ2n) is 6.06. The van der Waals surface area contributed by atoms with E-state index < -0.39 is 5.25 Å². The summed E-state index contributed by atoms with van der Waals surface area (Å²) in [6.45, 7) is 4.49. The highest BCUT2D eigenvalue weighted by Crippen LogP contribution is 2.26. The third-order valence-electron chi connectivity index (χ3n) is 3.83. The number of nitrogens with one attached hydrogen (secondary N) is 2. The minimum absolute atomic E-state index is 0.0799. The summed E-state index contributed by atoms with van der Waals surface area (Å²) in [5.74, 6) is 0.329. The van der Waals surface area contributed by atoms with Gasteiger partial charge in [-0.05, 0) is 55.8 Å². The molecule has 6 nitrogen and oxygen atoms in total. The number of carbonyl (C=O) groups excluding carboxylic acids is 2. The smallest absolute Gasteiger partial charge is 0.240 e. The van der Waals surface area contributed by atoms with Crippen LogP contribution in [-0.2, 0) is 9.59 Å². The SMILES string of the molecule is CCOc1ccc(NC(=O)C[C@@H]2SC(=Nc3cccc(C)c3)NC2=O)cc1. The Morgan fingerprint density at radius 1 is 1.26 bits per heavy atom. The molecule has 1 heterocycles. The van der Waals surface area contributed by atoms with Crippen LogP contribution in [0.1, 0.15) is 18.9 Å². The van der Waals surface area contributed by atoms with Crippen LogP contribution >= 0.6 is 11.8 Å². The number of amides is 2. The van der Waals surface area contributed by atoms with Crippen LogP contribution < -0.4 is 15.4 Å². The van der Waals surface area contributed by atoms with Gasteiger partial charge in [0.1, 0.15) is 11.0 Å². The van der Waals surface area contributed by atoms with Gasteiger partial charge in [0.25, 0.3) is 0 Å². The standard InChI is InChI=1S/C20H21N3O3S/c1-3-26-16-9-7-14(8-10-16)21-18(24)12-17-19(25)23-20(27-17)22-15-6-4-5-13(2)11-15/h4-11,17H,3,12H2,1-2H3,(H,21,24)(H,22,23,25)/t17-/m0/s1. The summed E-state index contributed by atoms with van der Waals surface area (Å²) < 4.78 is 5.37. The Hall–Kier alpha value is -2.80. The first kappa shape index (κ1) is 19.0. The number of thioether (sulfide) groups is 1. The Labute approximate surface area is 162 Å². The molecule has 1 saturated heterocycles. The zero-order chi connectivity index (χ0) is 19.2. The van der Waals surface area contributed by atoms with E-state index in [1.807, 2.05) is 38.1 Å². The monoisotopic (exact) mass is 383 g/mol. The largest absolute Gasteiger partial charge is 0.494 e. The molecule has 0 radical (unpaired) electrons. The third kappa shape index (κ3) is 5.34. The number of rotatable bonds is 6. The number of anilines is 1. The van der Waals surface area contributed by atoms with E-state index in [0.29, 0.717) is 17.5 Å². The fraction of sp³-hybridized carbons (Fsp3) is 0.250. The molecule has 1 aliphatic rings. The molecule has 2 aromatic rings. The molecule has 0 bridgehead atoms. The van der Waals surface area contributed by atoms with Crippen molar-refractivity contribution in [3.63, 3.8) is 0 Å². The Morgan fingerprint density at radius 2 is 2.04 bits per heavy atom. The number of ether oxygens (including phenoxy) is 1. The van der Waals surface area contributed by atoms with E-state index >= 15 is 0 Å². The molecule has 140 valence electrons. The molecule has 0 aliphatic carbocycles. The van der Waals surface area contributed by atoms with Gasteiger partial charge in [-0.1, -0.05) is 23.9 Å². The molecule has 0 unspecified atom stereocenters. The van der Waals surface area contributed by atoms with Crippen molar-refractivity contribution >= 4 is 40.1 Å². The van der Waals surface area contributed by atoms with Crippen molar-refractivity contribution in [3.05, 3.63) is 54.1 Å². The molecule has 3 rings (SSSR count). The summed E-state index contributed by atoms with van der Waals surface area (Å²) in [5, 5.41) is 5.57. The number of nitrogens with zero attached hydrogens (tertiary/aromatic N) is 1. The van der Waals surface area contributed by atoms with E-state index in [1.54, 1.807) is 24.3 Å². The van der Waals surface area contributed by atoms with Gasteiger partial charge in [-0.15, -0.1) is 0 Å². The Bertz CT molecular complexity index is 865. The van der Waals surface area contributed by atoms with E-state index in [-0.39, 0.29) is 18.2 Å². The van der Waals surface area contributed by atoms with Crippen molar-refractivity contribution in [2.45, 2.75) is 25.5 Å². The molecule has 27 heavy (non-hydrogen) atoms. The molecule has 2 aromatic carbocycles. The Kier molecular flexibility index (Phi) is 6.13. The van der Waals surface area contributed by atoms with Gasteiger partial charge in [0.15, 0.2) is 5.17 Å². The third-order valence-corrected chi connectivity index (χ3v) is 4.91. The minimum atomic E-state index is -0.490. The summed E-state index contributed by atoms with van der Waals surface area (Å²) >= 11 is 1.28. The lowest BCUT2D eigenvalue weighted by Gasteiger charge is -2.08. The molecule has 0 saturated carbocycles. The predicted octanol–water partition coefficient (Wildman–Crippen LogP) is 3.64. The summed E-state index contributed by atoms with van der Waals surface area (Å²) in [4.78, 5) is 28.8. The lowest BCUT2D eigenvalue weighted by atomic mass is 10.2. The molecule has 0 aromatic heterocycles. The molecular formula is C20H21N3O3S. The van der Waals surface area contributed by atoms with Crippen LogP contribution in [0.3, 0.4) is 0 Å². The van der Waals surface area contributed by atoms with Crippen LogP contribution in [0.4, 0.5) is 11.4 Å². The zero-order valence-electron chi connectivity index (χ0n) is 15.2. The van der Waals surface area contributed by atoms with Crippen LogP contribution in [0.15, 0.2) is 53.5 Å². The van der Waals surface area contributed by atoms with Crippen LogP contribution in [-0.4, -0.2) is 28.8 Å². The highest BCUT2D eigenvalue weighted by Gasteiger charge is 2.32. The second-order valence-corrected chi connectivity index (χ2v) is 7.25. The summed E-state index contributed by atoms with van der Waals surface area (Å²) in [7, 11) is 0. The second kappa shape index (κ2) is 8.73. The van der Waals surface area contributed by atoms with Gasteiger partial charge in [0, 0.05) is 12.1 Å². The van der Waals surface area contributed by atoms with Gasteiger partial charge in [-0.25, -0.2) is 4.99 Å². The van der Waals surface area contributed by atoms with Gasteiger partial charge in [-0.2, -0.15) is 0 Å². The molecule has 1 atom stereocenters. The van der Waals surface area contributed by atoms with Crippen LogP contribution in [0.5, 0.6) is 5.75 Å². The molecule has 7 heteroatoms. The molecule has 2 N–H and O–H groups in total. The quantitative estimate of drug-likeness (QED) is 0.798. The van der Waals surface area contributed by atoms with Gasteiger partial charge in [0.2, 0.25) is 11.8 Å². The maximum absolute atomic E-state index is 12.3. The van der Waals surface area contributed by atoms with Crippen molar-refractivity contribution in [2.24, 2.45) is 4.99 Å². The average molecular weight is 383 g/mol. The average Bonchev–Trinajstić information content (AvgIpc) is 2.96. The van der Waals surface area contributed by atoms with E-state index in [2.05, 4.69) is 15.6 Å². The number of aliphatic imine (C=N–C) groups is 1. The summed E-state index contributed by atoms with van der Waals surface area (Å²) in [5.41, 5.74) is 2.54. The number of hydrogen-bond donors (Lipinski definition) is 2. The summed E-state index contributed by atoms with van der Waals surface area (Å²) in [6.07, 6.45) is 0.0799. The number of benzene rings is 2. The van der Waals surface area contributed by atoms with Crippen molar-refractivity contribution in [3.8, 4) is 5.75 Å². The number of carbonyl (C=O) groups is 2. The van der Waals surface area contributed by atoms with Gasteiger partial charge in [0.05, 0.1) is 12.3 Å². The molecule has 1 fully saturated rings. The normalized spacial score (nSPS) is 17.6. The molecule has 0 spiro atoms. The van der Waals surface area contributed by atoms with E-state index in [1.165, 1.54) is 11.8 Å². The fourth-order valence-corrected chi connectivity index (χ4v) is 3.58. The van der Waals surface area contributed by atoms with E-state index in [4.69, 9.17) is 4.74 Å². The maximum atomic E-state index is 12.3. The predicted molar refractivity (Wildman–Crippen MR) is 109 cm³/mol. The van der Waals surface area contributed by atoms with E-state index in [9.17, 15) is 9.59 Å². The van der Waals surface area contributed by atoms with Gasteiger partial charge < -0.3 is 15.4 Å². The fourth-order valence-electron chi connectivity index (χ4n) is 2.59. The zero-order valence-corrected chi connectivity index (χ0v) is 16.0. The maximum Gasteiger partial charge on any atom is 0.240 e. The van der Waals surface area contributed by atoms with Crippen molar-refractivity contribution in [1.82, 2.24) is 5.32 Å². The van der Waals surface area contributed by atoms with E-state index in [0.717, 1.165) is 17.0 Å².